The van der Waals surface area contributed by atoms with Gasteiger partial charge in [-0.3, -0.25) is 14.6 Å². The number of aromatic nitrogens is 2. The molecule has 11 heteroatoms. The van der Waals surface area contributed by atoms with E-state index in [0.29, 0.717) is 11.8 Å². The molecular weight excluding hydrogens is 418 g/mol. The molecule has 0 saturated heterocycles. The molecule has 0 unspecified atom stereocenters. The number of hydrogen-bond acceptors (Lipinski definition) is 5. The Morgan fingerprint density at radius 2 is 1.87 bits per heavy atom. The number of H-pyrrole nitrogens is 1. The molecule has 0 fully saturated rings. The van der Waals surface area contributed by atoms with Crippen molar-refractivity contribution >= 4 is 21.6 Å². The number of nitrogens with one attached hydrogen (secondary N) is 3. The molecular formula is C19H18F2N4O4S. The van der Waals surface area contributed by atoms with Crippen molar-refractivity contribution in [1.82, 2.24) is 15.5 Å². The van der Waals surface area contributed by atoms with E-state index in [2.05, 4.69) is 20.2 Å². The van der Waals surface area contributed by atoms with Crippen molar-refractivity contribution in [3.63, 3.8) is 0 Å². The van der Waals surface area contributed by atoms with Crippen LogP contribution in [0.4, 0.5) is 14.5 Å². The third-order valence-corrected chi connectivity index (χ3v) is 5.50. The number of hydrogen-bond donors (Lipinski definition) is 3. The van der Waals surface area contributed by atoms with Gasteiger partial charge in [0.15, 0.2) is 0 Å². The minimum Gasteiger partial charge on any atom is -0.497 e. The Bertz CT molecular complexity index is 1180. The summed E-state index contributed by atoms with van der Waals surface area (Å²) in [6, 6.07) is 9.06. The molecule has 1 heterocycles. The Labute approximate surface area is 171 Å². The van der Waals surface area contributed by atoms with Crippen LogP contribution in [0.5, 0.6) is 5.75 Å². The first-order valence-electron chi connectivity index (χ1n) is 8.65. The van der Waals surface area contributed by atoms with Gasteiger partial charge >= 0.3 is 0 Å². The Balaban J connectivity index is 1.81. The number of rotatable bonds is 7. The molecule has 30 heavy (non-hydrogen) atoms. The molecule has 8 nitrogen and oxygen atoms in total. The van der Waals surface area contributed by atoms with Gasteiger partial charge in [-0.05, 0) is 37.3 Å². The number of ether oxygens (including phenoxy) is 1. The van der Waals surface area contributed by atoms with Gasteiger partial charge in [0, 0.05) is 29.6 Å². The average Bonchev–Trinajstić information content (AvgIpc) is 3.10. The van der Waals surface area contributed by atoms with E-state index in [1.165, 1.54) is 32.2 Å². The number of aryl methyl sites for hydroxylation is 1. The van der Waals surface area contributed by atoms with E-state index < -0.39 is 32.6 Å². The number of nitrogens with zero attached hydrogens (tertiary/aromatic N) is 1. The Morgan fingerprint density at radius 1 is 1.17 bits per heavy atom. The minimum absolute atomic E-state index is 0.0478. The highest BCUT2D eigenvalue weighted by Crippen LogP contribution is 2.22. The Morgan fingerprint density at radius 3 is 2.50 bits per heavy atom. The molecule has 1 amide bonds. The third-order valence-electron chi connectivity index (χ3n) is 4.19. The smallest absolute Gasteiger partial charge is 0.282 e. The van der Waals surface area contributed by atoms with Gasteiger partial charge in [-0.2, -0.15) is 13.5 Å². The van der Waals surface area contributed by atoms with Crippen molar-refractivity contribution < 1.29 is 26.7 Å². The quantitative estimate of drug-likeness (QED) is 0.527. The molecule has 3 N–H and O–H groups in total. The van der Waals surface area contributed by atoms with E-state index in [1.54, 1.807) is 12.1 Å². The lowest BCUT2D eigenvalue weighted by Gasteiger charge is -2.10. The number of anilines is 1. The second kappa shape index (κ2) is 8.49. The summed E-state index contributed by atoms with van der Waals surface area (Å²) < 4.78 is 59.6. The minimum atomic E-state index is -4.20. The lowest BCUT2D eigenvalue weighted by molar-refractivity contribution is 0.0946. The van der Waals surface area contributed by atoms with Crippen LogP contribution in [-0.2, 0) is 16.6 Å². The summed E-state index contributed by atoms with van der Waals surface area (Å²) >= 11 is 0. The van der Waals surface area contributed by atoms with Crippen molar-refractivity contribution in [3.05, 3.63) is 70.9 Å². The summed E-state index contributed by atoms with van der Waals surface area (Å²) in [6.45, 7) is 1.22. The van der Waals surface area contributed by atoms with Gasteiger partial charge in [-0.15, -0.1) is 0 Å². The molecule has 158 valence electrons. The molecule has 0 atom stereocenters. The summed E-state index contributed by atoms with van der Waals surface area (Å²) in [5.41, 5.74) is 0.295. The predicted octanol–water partition coefficient (Wildman–Crippen LogP) is 2.74. The number of methoxy groups -OCH3 is 1. The Kier molecular flexibility index (Phi) is 6.01. The molecule has 1 aromatic heterocycles. The van der Waals surface area contributed by atoms with Crippen LogP contribution in [0.1, 0.15) is 21.6 Å². The van der Waals surface area contributed by atoms with Gasteiger partial charge in [0.25, 0.3) is 15.9 Å². The normalized spacial score (nSPS) is 11.2. The fourth-order valence-corrected chi connectivity index (χ4v) is 3.88. The first kappa shape index (κ1) is 21.2. The predicted molar refractivity (Wildman–Crippen MR) is 105 cm³/mol. The van der Waals surface area contributed by atoms with Crippen LogP contribution in [0.3, 0.4) is 0 Å². The topological polar surface area (TPSA) is 113 Å². The molecule has 0 aliphatic carbocycles. The van der Waals surface area contributed by atoms with E-state index in [-0.39, 0.29) is 29.1 Å². The summed E-state index contributed by atoms with van der Waals surface area (Å²) in [7, 11) is -2.72. The lowest BCUT2D eigenvalue weighted by Crippen LogP contribution is -2.26. The van der Waals surface area contributed by atoms with Gasteiger partial charge in [0.1, 0.15) is 22.9 Å². The number of carbonyl (C=O) groups excluding carboxylic acids is 1. The number of carbonyl (C=O) groups is 1. The first-order chi connectivity index (χ1) is 14.2. The van der Waals surface area contributed by atoms with Crippen molar-refractivity contribution in [3.8, 4) is 5.75 Å². The van der Waals surface area contributed by atoms with Gasteiger partial charge in [-0.25, -0.2) is 8.78 Å². The van der Waals surface area contributed by atoms with Crippen LogP contribution in [0.25, 0.3) is 0 Å². The van der Waals surface area contributed by atoms with E-state index in [9.17, 15) is 22.0 Å². The number of aromatic amines is 1. The number of halogens is 2. The molecule has 0 bridgehead atoms. The fourth-order valence-electron chi connectivity index (χ4n) is 2.66. The summed E-state index contributed by atoms with van der Waals surface area (Å²) in [5.74, 6) is -1.80. The highest BCUT2D eigenvalue weighted by molar-refractivity contribution is 7.92. The van der Waals surface area contributed by atoms with Gasteiger partial charge in [0.05, 0.1) is 7.11 Å². The molecule has 3 aromatic rings. The molecule has 0 aliphatic heterocycles. The van der Waals surface area contributed by atoms with Crippen molar-refractivity contribution in [2.24, 2.45) is 0 Å². The number of benzene rings is 2. The highest BCUT2D eigenvalue weighted by atomic mass is 32.2. The van der Waals surface area contributed by atoms with Crippen LogP contribution in [-0.4, -0.2) is 31.6 Å². The van der Waals surface area contributed by atoms with E-state index in [0.717, 1.165) is 6.07 Å². The van der Waals surface area contributed by atoms with Gasteiger partial charge in [0.2, 0.25) is 5.03 Å². The van der Waals surface area contributed by atoms with E-state index >= 15 is 0 Å². The maximum absolute atomic E-state index is 13.8. The molecule has 0 saturated carbocycles. The number of amides is 1. The molecule has 0 radical (unpaired) electrons. The third kappa shape index (κ3) is 4.57. The van der Waals surface area contributed by atoms with Crippen molar-refractivity contribution in [2.75, 3.05) is 11.8 Å². The van der Waals surface area contributed by atoms with Crippen LogP contribution < -0.4 is 14.8 Å². The summed E-state index contributed by atoms with van der Waals surface area (Å²) in [6.07, 6.45) is 0. The van der Waals surface area contributed by atoms with Crippen LogP contribution in [0, 0.1) is 18.6 Å². The fraction of sp³-hybridized carbons (Fsp3) is 0.158. The van der Waals surface area contributed by atoms with Crippen LogP contribution in [0.15, 0.2) is 47.5 Å². The monoisotopic (exact) mass is 436 g/mol. The first-order valence-corrected chi connectivity index (χ1v) is 10.1. The number of sulfonamides is 1. The summed E-state index contributed by atoms with van der Waals surface area (Å²) in [4.78, 5) is 12.6. The lowest BCUT2D eigenvalue weighted by atomic mass is 10.2. The second-order valence-electron chi connectivity index (χ2n) is 6.28. The van der Waals surface area contributed by atoms with Gasteiger partial charge in [-0.1, -0.05) is 6.07 Å². The zero-order chi connectivity index (χ0) is 21.9. The largest absolute Gasteiger partial charge is 0.497 e. The zero-order valence-corrected chi connectivity index (χ0v) is 16.8. The molecule has 0 aliphatic rings. The molecule has 0 spiro atoms. The zero-order valence-electron chi connectivity index (χ0n) is 16.0. The average molecular weight is 436 g/mol. The molecule has 3 rings (SSSR count). The van der Waals surface area contributed by atoms with E-state index in [4.69, 9.17) is 4.74 Å². The maximum Gasteiger partial charge on any atom is 0.282 e. The van der Waals surface area contributed by atoms with E-state index in [1.807, 2.05) is 0 Å². The highest BCUT2D eigenvalue weighted by Gasteiger charge is 2.28. The van der Waals surface area contributed by atoms with Crippen LogP contribution in [0.2, 0.25) is 0 Å². The maximum atomic E-state index is 13.8. The SMILES string of the molecule is COc1ccc(NS(=O)(=O)c2n[nH]c(C)c2C(=O)NCc2ccc(F)cc2F)cc1. The standard InChI is InChI=1S/C19H18F2N4O4S/c1-11-17(18(26)22-10-12-3-4-13(20)9-16(12)21)19(24-23-11)30(27,28)25-14-5-7-15(29-2)8-6-14/h3-9,25H,10H2,1-2H3,(H,22,26)(H,23,24). The summed E-state index contributed by atoms with van der Waals surface area (Å²) in [5, 5.41) is 8.13. The van der Waals surface area contributed by atoms with Crippen LogP contribution >= 0.6 is 0 Å². The second-order valence-corrected chi connectivity index (χ2v) is 7.88. The van der Waals surface area contributed by atoms with Crippen molar-refractivity contribution in [2.45, 2.75) is 18.5 Å². The Hall–Kier alpha value is -3.47. The van der Waals surface area contributed by atoms with Crippen molar-refractivity contribution in [1.29, 1.82) is 0 Å². The molecule has 2 aromatic carbocycles. The van der Waals surface area contributed by atoms with Gasteiger partial charge < -0.3 is 10.1 Å².